The maximum atomic E-state index is 12.6. The van der Waals surface area contributed by atoms with E-state index < -0.39 is 5.41 Å². The molecule has 0 aromatic heterocycles. The third kappa shape index (κ3) is 4.53. The summed E-state index contributed by atoms with van der Waals surface area (Å²) in [4.78, 5) is 23.0. The number of benzene rings is 1. The molecule has 0 saturated heterocycles. The molecule has 1 aromatic carbocycles. The van der Waals surface area contributed by atoms with Gasteiger partial charge in [0.25, 0.3) is 0 Å². The van der Waals surface area contributed by atoms with E-state index in [0.717, 1.165) is 0 Å². The number of carbonyl (C=O) groups is 2. The molecule has 18 heavy (non-hydrogen) atoms. The molecule has 0 bridgehead atoms. The van der Waals surface area contributed by atoms with Gasteiger partial charge in [0.05, 0.1) is 6.54 Å². The first kappa shape index (κ1) is 14.2. The molecule has 0 unspecified atom stereocenters. The molecule has 0 heterocycles. The molecule has 0 aliphatic carbocycles. The number of hydrogen-bond acceptors (Lipinski definition) is 2. The Morgan fingerprint density at radius 3 is 2.22 bits per heavy atom. The third-order valence-electron chi connectivity index (χ3n) is 2.22. The van der Waals surface area contributed by atoms with Crippen LogP contribution in [0, 0.1) is 11.2 Å². The Morgan fingerprint density at radius 1 is 1.17 bits per heavy atom. The van der Waals surface area contributed by atoms with Crippen molar-refractivity contribution >= 4 is 17.5 Å². The molecule has 0 saturated carbocycles. The minimum atomic E-state index is -0.532. The van der Waals surface area contributed by atoms with Crippen molar-refractivity contribution in [3.8, 4) is 0 Å². The first-order valence-electron chi connectivity index (χ1n) is 5.63. The quantitative estimate of drug-likeness (QED) is 0.863. The molecular weight excluding hydrogens is 235 g/mol. The van der Waals surface area contributed by atoms with Crippen molar-refractivity contribution in [2.75, 3.05) is 11.9 Å². The zero-order chi connectivity index (χ0) is 13.8. The lowest BCUT2D eigenvalue weighted by Crippen LogP contribution is -2.39. The highest BCUT2D eigenvalue weighted by Gasteiger charge is 2.21. The lowest BCUT2D eigenvalue weighted by atomic mass is 9.96. The van der Waals surface area contributed by atoms with Gasteiger partial charge in [-0.25, -0.2) is 4.39 Å². The van der Waals surface area contributed by atoms with Crippen molar-refractivity contribution < 1.29 is 14.0 Å². The maximum Gasteiger partial charge on any atom is 0.243 e. The summed E-state index contributed by atoms with van der Waals surface area (Å²) in [5.74, 6) is -0.912. The van der Waals surface area contributed by atoms with Crippen molar-refractivity contribution in [1.82, 2.24) is 5.32 Å². The van der Waals surface area contributed by atoms with E-state index >= 15 is 0 Å². The monoisotopic (exact) mass is 252 g/mol. The highest BCUT2D eigenvalue weighted by Crippen LogP contribution is 2.12. The summed E-state index contributed by atoms with van der Waals surface area (Å²) < 4.78 is 12.6. The minimum Gasteiger partial charge on any atom is -0.347 e. The van der Waals surface area contributed by atoms with Crippen LogP contribution in [0.1, 0.15) is 20.8 Å². The summed E-state index contributed by atoms with van der Waals surface area (Å²) in [5.41, 5.74) is -0.0395. The summed E-state index contributed by atoms with van der Waals surface area (Å²) in [6.45, 7) is 5.19. The molecule has 2 N–H and O–H groups in total. The predicted octanol–water partition coefficient (Wildman–Crippen LogP) is 1.93. The van der Waals surface area contributed by atoms with Gasteiger partial charge in [-0.1, -0.05) is 20.8 Å². The zero-order valence-electron chi connectivity index (χ0n) is 10.7. The van der Waals surface area contributed by atoms with Crippen LogP contribution in [0.4, 0.5) is 10.1 Å². The highest BCUT2D eigenvalue weighted by atomic mass is 19.1. The fourth-order valence-corrected chi connectivity index (χ4v) is 1.16. The zero-order valence-corrected chi connectivity index (χ0v) is 10.7. The SMILES string of the molecule is CC(C)(C)C(=O)NCC(=O)Nc1ccc(F)cc1. The maximum absolute atomic E-state index is 12.6. The molecular formula is C13H17FN2O2. The lowest BCUT2D eigenvalue weighted by Gasteiger charge is -2.17. The smallest absolute Gasteiger partial charge is 0.243 e. The molecule has 0 atom stereocenters. The van der Waals surface area contributed by atoms with Crippen LogP contribution in [0.2, 0.25) is 0 Å². The molecule has 0 spiro atoms. The van der Waals surface area contributed by atoms with Crippen LogP contribution >= 0.6 is 0 Å². The van der Waals surface area contributed by atoms with Crippen LogP contribution < -0.4 is 10.6 Å². The second kappa shape index (κ2) is 5.62. The van der Waals surface area contributed by atoms with Crippen molar-refractivity contribution in [3.63, 3.8) is 0 Å². The Bertz CT molecular complexity index is 435. The number of anilines is 1. The molecule has 0 fully saturated rings. The third-order valence-corrected chi connectivity index (χ3v) is 2.22. The molecule has 0 aliphatic rings. The first-order valence-corrected chi connectivity index (χ1v) is 5.63. The molecule has 2 amide bonds. The van der Waals surface area contributed by atoms with E-state index in [1.165, 1.54) is 24.3 Å². The van der Waals surface area contributed by atoms with Crippen LogP contribution in [-0.4, -0.2) is 18.4 Å². The Hall–Kier alpha value is -1.91. The van der Waals surface area contributed by atoms with E-state index in [-0.39, 0.29) is 24.2 Å². The number of halogens is 1. The van der Waals surface area contributed by atoms with Crippen LogP contribution in [0.15, 0.2) is 24.3 Å². The first-order chi connectivity index (χ1) is 8.29. The molecule has 5 heteroatoms. The van der Waals surface area contributed by atoms with Gasteiger partial charge in [-0.15, -0.1) is 0 Å². The van der Waals surface area contributed by atoms with Crippen molar-refractivity contribution in [3.05, 3.63) is 30.1 Å². The van der Waals surface area contributed by atoms with Crippen molar-refractivity contribution in [2.45, 2.75) is 20.8 Å². The van der Waals surface area contributed by atoms with E-state index in [1.807, 2.05) is 0 Å². The summed E-state index contributed by atoms with van der Waals surface area (Å²) in [6.07, 6.45) is 0. The van der Waals surface area contributed by atoms with Gasteiger partial charge in [-0.3, -0.25) is 9.59 Å². The summed E-state index contributed by atoms with van der Waals surface area (Å²) in [6, 6.07) is 5.42. The number of hydrogen-bond donors (Lipinski definition) is 2. The summed E-state index contributed by atoms with van der Waals surface area (Å²) in [7, 11) is 0. The second-order valence-electron chi connectivity index (χ2n) is 4.99. The Morgan fingerprint density at radius 2 is 1.72 bits per heavy atom. The molecule has 0 radical (unpaired) electrons. The van der Waals surface area contributed by atoms with Gasteiger partial charge in [0.15, 0.2) is 0 Å². The summed E-state index contributed by atoms with van der Waals surface area (Å²) in [5, 5.41) is 5.08. The van der Waals surface area contributed by atoms with Gasteiger partial charge in [-0.2, -0.15) is 0 Å². The summed E-state index contributed by atoms with van der Waals surface area (Å²) >= 11 is 0. The average Bonchev–Trinajstić information content (AvgIpc) is 2.28. The molecule has 98 valence electrons. The van der Waals surface area contributed by atoms with Crippen molar-refractivity contribution in [1.29, 1.82) is 0 Å². The molecule has 0 aliphatic heterocycles. The Labute approximate surface area is 106 Å². The van der Waals surface area contributed by atoms with E-state index in [1.54, 1.807) is 20.8 Å². The van der Waals surface area contributed by atoms with Gasteiger partial charge >= 0.3 is 0 Å². The van der Waals surface area contributed by atoms with E-state index in [0.29, 0.717) is 5.69 Å². The van der Waals surface area contributed by atoms with Crippen molar-refractivity contribution in [2.24, 2.45) is 5.41 Å². The second-order valence-corrected chi connectivity index (χ2v) is 4.99. The van der Waals surface area contributed by atoms with Crippen LogP contribution in [0.25, 0.3) is 0 Å². The number of rotatable bonds is 3. The van der Waals surface area contributed by atoms with Crippen LogP contribution in [-0.2, 0) is 9.59 Å². The molecule has 4 nitrogen and oxygen atoms in total. The van der Waals surface area contributed by atoms with Gasteiger partial charge in [0.2, 0.25) is 11.8 Å². The number of amides is 2. The van der Waals surface area contributed by atoms with E-state index in [4.69, 9.17) is 0 Å². The highest BCUT2D eigenvalue weighted by molar-refractivity contribution is 5.95. The standard InChI is InChI=1S/C13H17FN2O2/c1-13(2,3)12(18)15-8-11(17)16-10-6-4-9(14)5-7-10/h4-7H,8H2,1-3H3,(H,15,18)(H,16,17). The fraction of sp³-hybridized carbons (Fsp3) is 0.385. The van der Waals surface area contributed by atoms with Crippen LogP contribution in [0.5, 0.6) is 0 Å². The van der Waals surface area contributed by atoms with E-state index in [2.05, 4.69) is 10.6 Å². The number of nitrogens with one attached hydrogen (secondary N) is 2. The van der Waals surface area contributed by atoms with Gasteiger partial charge in [-0.05, 0) is 24.3 Å². The minimum absolute atomic E-state index is 0.104. The van der Waals surface area contributed by atoms with Gasteiger partial charge < -0.3 is 10.6 Å². The molecule has 1 rings (SSSR count). The average molecular weight is 252 g/mol. The lowest BCUT2D eigenvalue weighted by molar-refractivity contribution is -0.130. The Kier molecular flexibility index (Phi) is 4.42. The molecule has 1 aromatic rings. The van der Waals surface area contributed by atoms with Gasteiger partial charge in [0.1, 0.15) is 5.82 Å². The topological polar surface area (TPSA) is 58.2 Å². The van der Waals surface area contributed by atoms with Gasteiger partial charge in [0, 0.05) is 11.1 Å². The normalized spacial score (nSPS) is 10.9. The van der Waals surface area contributed by atoms with Crippen LogP contribution in [0.3, 0.4) is 0 Å². The number of carbonyl (C=O) groups excluding carboxylic acids is 2. The largest absolute Gasteiger partial charge is 0.347 e. The van der Waals surface area contributed by atoms with E-state index in [9.17, 15) is 14.0 Å². The Balaban J connectivity index is 2.43. The fourth-order valence-electron chi connectivity index (χ4n) is 1.16. The predicted molar refractivity (Wildman–Crippen MR) is 67.5 cm³/mol.